The number of nitrogens with one attached hydrogen (secondary N) is 1. The highest BCUT2D eigenvalue weighted by atomic mass is 19.1. The summed E-state index contributed by atoms with van der Waals surface area (Å²) in [6.45, 7) is 1.75. The second-order valence-corrected chi connectivity index (χ2v) is 4.76. The van der Waals surface area contributed by atoms with Crippen LogP contribution in [-0.4, -0.2) is 44.1 Å². The van der Waals surface area contributed by atoms with Crippen LogP contribution in [0.15, 0.2) is 18.2 Å². The molecule has 0 aromatic heterocycles. The minimum Gasteiger partial charge on any atom is -0.497 e. The van der Waals surface area contributed by atoms with Crippen molar-refractivity contribution < 1.29 is 13.9 Å². The Bertz CT molecular complexity index is 459. The first-order valence-corrected chi connectivity index (χ1v) is 6.45. The smallest absolute Gasteiger partial charge is 0.256 e. The van der Waals surface area contributed by atoms with E-state index in [9.17, 15) is 9.18 Å². The van der Waals surface area contributed by atoms with E-state index >= 15 is 0 Å². The van der Waals surface area contributed by atoms with Gasteiger partial charge in [0.15, 0.2) is 0 Å². The monoisotopic (exact) mass is 266 g/mol. The molecule has 5 heteroatoms. The first kappa shape index (κ1) is 13.8. The SMILES string of the molecule is COc1ccc(C(=O)N(C)C2CCCNC2)c(F)c1. The first-order valence-electron chi connectivity index (χ1n) is 6.45. The molecule has 2 rings (SSSR count). The highest BCUT2D eigenvalue weighted by molar-refractivity contribution is 5.94. The summed E-state index contributed by atoms with van der Waals surface area (Å²) >= 11 is 0. The highest BCUT2D eigenvalue weighted by Crippen LogP contribution is 2.19. The van der Waals surface area contributed by atoms with Crippen molar-refractivity contribution in [2.24, 2.45) is 0 Å². The van der Waals surface area contributed by atoms with Crippen molar-refractivity contribution in [3.8, 4) is 5.75 Å². The van der Waals surface area contributed by atoms with Gasteiger partial charge in [-0.05, 0) is 31.5 Å². The van der Waals surface area contributed by atoms with Crippen LogP contribution >= 0.6 is 0 Å². The summed E-state index contributed by atoms with van der Waals surface area (Å²) in [5.41, 5.74) is 0.0915. The van der Waals surface area contributed by atoms with Gasteiger partial charge in [-0.1, -0.05) is 0 Å². The Kier molecular flexibility index (Phi) is 4.37. The van der Waals surface area contributed by atoms with E-state index in [1.165, 1.54) is 19.2 Å². The third-order valence-corrected chi connectivity index (χ3v) is 3.55. The van der Waals surface area contributed by atoms with Crippen LogP contribution in [0.3, 0.4) is 0 Å². The number of hydrogen-bond donors (Lipinski definition) is 1. The molecule has 104 valence electrons. The van der Waals surface area contributed by atoms with E-state index in [0.29, 0.717) is 5.75 Å². The van der Waals surface area contributed by atoms with Crippen LogP contribution in [0.1, 0.15) is 23.2 Å². The average molecular weight is 266 g/mol. The highest BCUT2D eigenvalue weighted by Gasteiger charge is 2.24. The minimum absolute atomic E-state index is 0.0915. The number of methoxy groups -OCH3 is 1. The Balaban J connectivity index is 2.14. The largest absolute Gasteiger partial charge is 0.497 e. The number of rotatable bonds is 3. The van der Waals surface area contributed by atoms with Crippen molar-refractivity contribution in [2.45, 2.75) is 18.9 Å². The molecule has 1 amide bonds. The molecule has 0 saturated carbocycles. The average Bonchev–Trinajstić information content (AvgIpc) is 2.46. The number of nitrogens with zero attached hydrogens (tertiary/aromatic N) is 1. The van der Waals surface area contributed by atoms with Crippen molar-refractivity contribution in [3.63, 3.8) is 0 Å². The van der Waals surface area contributed by atoms with Gasteiger partial charge < -0.3 is 15.0 Å². The third kappa shape index (κ3) is 3.04. The molecular formula is C14H19FN2O2. The number of piperidine rings is 1. The third-order valence-electron chi connectivity index (χ3n) is 3.55. The molecule has 1 unspecified atom stereocenters. The summed E-state index contributed by atoms with van der Waals surface area (Å²) < 4.78 is 18.8. The standard InChI is InChI=1S/C14H19FN2O2/c1-17(10-4-3-7-16-9-10)14(18)12-6-5-11(19-2)8-13(12)15/h5-6,8,10,16H,3-4,7,9H2,1-2H3. The summed E-state index contributed by atoms with van der Waals surface area (Å²) in [7, 11) is 3.19. The van der Waals surface area contributed by atoms with Crippen molar-refractivity contribution in [1.82, 2.24) is 10.2 Å². The quantitative estimate of drug-likeness (QED) is 0.904. The lowest BCUT2D eigenvalue weighted by Crippen LogP contribution is -2.46. The maximum absolute atomic E-state index is 13.9. The molecule has 1 N–H and O–H groups in total. The maximum atomic E-state index is 13.9. The molecule has 0 radical (unpaired) electrons. The molecule has 1 aromatic rings. The molecule has 0 aliphatic carbocycles. The number of halogens is 1. The molecule has 1 heterocycles. The first-order chi connectivity index (χ1) is 9.13. The van der Waals surface area contributed by atoms with E-state index in [0.717, 1.165) is 25.9 Å². The molecular weight excluding hydrogens is 247 g/mol. The Morgan fingerprint density at radius 1 is 1.53 bits per heavy atom. The summed E-state index contributed by atoms with van der Waals surface area (Å²) in [4.78, 5) is 13.9. The fourth-order valence-corrected chi connectivity index (χ4v) is 2.32. The van der Waals surface area contributed by atoms with Crippen LogP contribution in [0, 0.1) is 5.82 Å². The molecule has 0 bridgehead atoms. The number of carbonyl (C=O) groups is 1. The van der Waals surface area contributed by atoms with Crippen LogP contribution in [-0.2, 0) is 0 Å². The van der Waals surface area contributed by atoms with E-state index in [-0.39, 0.29) is 17.5 Å². The number of amides is 1. The molecule has 1 fully saturated rings. The van der Waals surface area contributed by atoms with Gasteiger partial charge in [0.05, 0.1) is 12.7 Å². The number of benzene rings is 1. The van der Waals surface area contributed by atoms with Gasteiger partial charge in [0.2, 0.25) is 0 Å². The molecule has 4 nitrogen and oxygen atoms in total. The van der Waals surface area contributed by atoms with E-state index in [1.54, 1.807) is 18.0 Å². The number of ether oxygens (including phenoxy) is 1. The van der Waals surface area contributed by atoms with Crippen LogP contribution in [0.4, 0.5) is 4.39 Å². The van der Waals surface area contributed by atoms with Gasteiger partial charge in [-0.2, -0.15) is 0 Å². The Morgan fingerprint density at radius 2 is 2.32 bits per heavy atom. The number of carbonyl (C=O) groups excluding carboxylic acids is 1. The van der Waals surface area contributed by atoms with Gasteiger partial charge >= 0.3 is 0 Å². The van der Waals surface area contributed by atoms with Crippen LogP contribution in [0.25, 0.3) is 0 Å². The molecule has 1 atom stereocenters. The van der Waals surface area contributed by atoms with Crippen molar-refractivity contribution in [2.75, 3.05) is 27.2 Å². The Morgan fingerprint density at radius 3 is 2.89 bits per heavy atom. The Hall–Kier alpha value is -1.62. The van der Waals surface area contributed by atoms with Crippen molar-refractivity contribution in [3.05, 3.63) is 29.6 Å². The molecule has 1 saturated heterocycles. The minimum atomic E-state index is -0.542. The molecule has 1 aliphatic heterocycles. The lowest BCUT2D eigenvalue weighted by atomic mass is 10.0. The van der Waals surface area contributed by atoms with Crippen LogP contribution in [0.5, 0.6) is 5.75 Å². The molecule has 1 aromatic carbocycles. The van der Waals surface area contributed by atoms with Gasteiger partial charge in [-0.25, -0.2) is 4.39 Å². The fraction of sp³-hybridized carbons (Fsp3) is 0.500. The van der Waals surface area contributed by atoms with Gasteiger partial charge in [0, 0.05) is 25.7 Å². The van der Waals surface area contributed by atoms with Crippen molar-refractivity contribution >= 4 is 5.91 Å². The zero-order chi connectivity index (χ0) is 13.8. The second-order valence-electron chi connectivity index (χ2n) is 4.76. The van der Waals surface area contributed by atoms with E-state index < -0.39 is 5.82 Å². The van der Waals surface area contributed by atoms with Crippen molar-refractivity contribution in [1.29, 1.82) is 0 Å². The van der Waals surface area contributed by atoms with E-state index in [2.05, 4.69) is 5.32 Å². The van der Waals surface area contributed by atoms with Gasteiger partial charge in [-0.3, -0.25) is 4.79 Å². The zero-order valence-corrected chi connectivity index (χ0v) is 11.3. The van der Waals surface area contributed by atoms with Gasteiger partial charge in [0.1, 0.15) is 11.6 Å². The van der Waals surface area contributed by atoms with Crippen LogP contribution in [0.2, 0.25) is 0 Å². The lowest BCUT2D eigenvalue weighted by Gasteiger charge is -2.31. The number of hydrogen-bond acceptors (Lipinski definition) is 3. The van der Waals surface area contributed by atoms with E-state index in [1.807, 2.05) is 0 Å². The predicted octanol–water partition coefficient (Wildman–Crippen LogP) is 1.66. The Labute approximate surface area is 112 Å². The molecule has 19 heavy (non-hydrogen) atoms. The molecule has 0 spiro atoms. The van der Waals surface area contributed by atoms with E-state index in [4.69, 9.17) is 4.74 Å². The predicted molar refractivity (Wildman–Crippen MR) is 70.9 cm³/mol. The topological polar surface area (TPSA) is 41.6 Å². The van der Waals surface area contributed by atoms with Gasteiger partial charge in [-0.15, -0.1) is 0 Å². The second kappa shape index (κ2) is 6.02. The zero-order valence-electron chi connectivity index (χ0n) is 11.3. The normalized spacial score (nSPS) is 19.0. The lowest BCUT2D eigenvalue weighted by molar-refractivity contribution is 0.0703. The molecule has 1 aliphatic rings. The van der Waals surface area contributed by atoms with Gasteiger partial charge in [0.25, 0.3) is 5.91 Å². The summed E-state index contributed by atoms with van der Waals surface area (Å²) in [6.07, 6.45) is 1.99. The fourth-order valence-electron chi connectivity index (χ4n) is 2.32. The summed E-state index contributed by atoms with van der Waals surface area (Å²) in [5, 5.41) is 3.25. The maximum Gasteiger partial charge on any atom is 0.256 e. The summed E-state index contributed by atoms with van der Waals surface area (Å²) in [5.74, 6) is -0.412. The number of likely N-dealkylation sites (N-methyl/N-ethyl adjacent to an activating group) is 1. The summed E-state index contributed by atoms with van der Waals surface area (Å²) in [6, 6.07) is 4.44. The van der Waals surface area contributed by atoms with Crippen LogP contribution < -0.4 is 10.1 Å².